The summed E-state index contributed by atoms with van der Waals surface area (Å²) in [6.07, 6.45) is 0. The van der Waals surface area contributed by atoms with Crippen molar-refractivity contribution >= 4 is 0 Å². The number of piperazine rings is 2. The van der Waals surface area contributed by atoms with Crippen molar-refractivity contribution in [3.63, 3.8) is 0 Å². The van der Waals surface area contributed by atoms with Crippen LogP contribution in [0.1, 0.15) is 5.56 Å². The SMILES string of the molecule is c1ccc(CN2CCN3CCNC[C@@H]3C2)cc1. The van der Waals surface area contributed by atoms with Crippen LogP contribution in [0.25, 0.3) is 0 Å². The van der Waals surface area contributed by atoms with Crippen molar-refractivity contribution in [3.05, 3.63) is 35.9 Å². The van der Waals surface area contributed by atoms with Crippen LogP contribution in [0.4, 0.5) is 0 Å². The zero-order valence-corrected chi connectivity index (χ0v) is 10.3. The minimum absolute atomic E-state index is 0.723. The molecular weight excluding hydrogens is 210 g/mol. The van der Waals surface area contributed by atoms with E-state index in [4.69, 9.17) is 0 Å². The van der Waals surface area contributed by atoms with Crippen LogP contribution in [-0.4, -0.2) is 55.1 Å². The van der Waals surface area contributed by atoms with Crippen molar-refractivity contribution < 1.29 is 0 Å². The minimum Gasteiger partial charge on any atom is -0.314 e. The number of benzene rings is 1. The predicted octanol–water partition coefficient (Wildman–Crippen LogP) is 0.776. The first-order chi connectivity index (χ1) is 8.42. The van der Waals surface area contributed by atoms with E-state index < -0.39 is 0 Å². The summed E-state index contributed by atoms with van der Waals surface area (Å²) in [5.74, 6) is 0. The van der Waals surface area contributed by atoms with Crippen LogP contribution >= 0.6 is 0 Å². The van der Waals surface area contributed by atoms with Crippen LogP contribution in [0, 0.1) is 0 Å². The van der Waals surface area contributed by atoms with Gasteiger partial charge < -0.3 is 5.32 Å². The highest BCUT2D eigenvalue weighted by molar-refractivity contribution is 5.14. The van der Waals surface area contributed by atoms with Gasteiger partial charge in [-0.3, -0.25) is 9.80 Å². The fraction of sp³-hybridized carbons (Fsp3) is 0.571. The van der Waals surface area contributed by atoms with Crippen molar-refractivity contribution in [2.45, 2.75) is 12.6 Å². The van der Waals surface area contributed by atoms with Gasteiger partial charge in [-0.05, 0) is 5.56 Å². The lowest BCUT2D eigenvalue weighted by molar-refractivity contribution is 0.0541. The maximum atomic E-state index is 3.50. The van der Waals surface area contributed by atoms with E-state index in [9.17, 15) is 0 Å². The van der Waals surface area contributed by atoms with E-state index in [-0.39, 0.29) is 0 Å². The molecular formula is C14H21N3. The number of hydrogen-bond donors (Lipinski definition) is 1. The lowest BCUT2D eigenvalue weighted by atomic mass is 10.1. The molecule has 0 radical (unpaired) electrons. The second-order valence-corrected chi connectivity index (χ2v) is 5.11. The molecule has 0 spiro atoms. The molecule has 0 bridgehead atoms. The summed E-state index contributed by atoms with van der Waals surface area (Å²) in [6, 6.07) is 11.5. The molecule has 2 fully saturated rings. The van der Waals surface area contributed by atoms with Gasteiger partial charge in [0, 0.05) is 51.9 Å². The summed E-state index contributed by atoms with van der Waals surface area (Å²) in [5.41, 5.74) is 1.43. The fourth-order valence-electron chi connectivity index (χ4n) is 2.92. The number of fused-ring (bicyclic) bond motifs is 1. The summed E-state index contributed by atoms with van der Waals surface area (Å²) in [7, 11) is 0. The van der Waals surface area contributed by atoms with E-state index in [1.807, 2.05) is 0 Å². The van der Waals surface area contributed by atoms with Gasteiger partial charge in [-0.2, -0.15) is 0 Å². The van der Waals surface area contributed by atoms with E-state index in [0.717, 1.165) is 25.7 Å². The van der Waals surface area contributed by atoms with Crippen molar-refractivity contribution in [1.29, 1.82) is 0 Å². The van der Waals surface area contributed by atoms with Gasteiger partial charge in [-0.1, -0.05) is 30.3 Å². The Morgan fingerprint density at radius 1 is 1.12 bits per heavy atom. The van der Waals surface area contributed by atoms with Crippen molar-refractivity contribution in [2.24, 2.45) is 0 Å². The summed E-state index contributed by atoms with van der Waals surface area (Å²) >= 11 is 0. The van der Waals surface area contributed by atoms with Crippen molar-refractivity contribution in [3.8, 4) is 0 Å². The first-order valence-electron chi connectivity index (χ1n) is 6.63. The Labute approximate surface area is 103 Å². The Morgan fingerprint density at radius 2 is 2.00 bits per heavy atom. The van der Waals surface area contributed by atoms with Gasteiger partial charge in [-0.15, -0.1) is 0 Å². The van der Waals surface area contributed by atoms with E-state index >= 15 is 0 Å². The van der Waals surface area contributed by atoms with E-state index in [2.05, 4.69) is 45.4 Å². The second kappa shape index (κ2) is 5.17. The van der Waals surface area contributed by atoms with Crippen molar-refractivity contribution in [2.75, 3.05) is 39.3 Å². The molecule has 92 valence electrons. The lowest BCUT2D eigenvalue weighted by Gasteiger charge is -2.44. The monoisotopic (exact) mass is 231 g/mol. The molecule has 1 atom stereocenters. The Balaban J connectivity index is 1.59. The number of hydrogen-bond acceptors (Lipinski definition) is 3. The lowest BCUT2D eigenvalue weighted by Crippen LogP contribution is -2.60. The average molecular weight is 231 g/mol. The molecule has 1 aromatic rings. The third-order valence-electron chi connectivity index (χ3n) is 3.89. The first kappa shape index (κ1) is 11.2. The van der Waals surface area contributed by atoms with Crippen LogP contribution in [0.3, 0.4) is 0 Å². The van der Waals surface area contributed by atoms with Crippen LogP contribution in [0.2, 0.25) is 0 Å². The molecule has 0 saturated carbocycles. The number of nitrogens with zero attached hydrogens (tertiary/aromatic N) is 2. The number of nitrogens with one attached hydrogen (secondary N) is 1. The smallest absolute Gasteiger partial charge is 0.0349 e. The molecule has 1 N–H and O–H groups in total. The maximum absolute atomic E-state index is 3.50. The van der Waals surface area contributed by atoms with Gasteiger partial charge in [0.2, 0.25) is 0 Å². The summed E-state index contributed by atoms with van der Waals surface area (Å²) in [6.45, 7) is 8.31. The molecule has 2 saturated heterocycles. The molecule has 3 nitrogen and oxygen atoms in total. The largest absolute Gasteiger partial charge is 0.314 e. The molecule has 0 unspecified atom stereocenters. The van der Waals surface area contributed by atoms with Crippen LogP contribution < -0.4 is 5.32 Å². The molecule has 2 aliphatic heterocycles. The molecule has 1 aromatic carbocycles. The van der Waals surface area contributed by atoms with Gasteiger partial charge >= 0.3 is 0 Å². The molecule has 3 heteroatoms. The van der Waals surface area contributed by atoms with Crippen LogP contribution in [0.5, 0.6) is 0 Å². The highest BCUT2D eigenvalue weighted by Crippen LogP contribution is 2.14. The topological polar surface area (TPSA) is 18.5 Å². The second-order valence-electron chi connectivity index (χ2n) is 5.11. The maximum Gasteiger partial charge on any atom is 0.0349 e. The van der Waals surface area contributed by atoms with Gasteiger partial charge in [0.15, 0.2) is 0 Å². The Hall–Kier alpha value is -0.900. The van der Waals surface area contributed by atoms with Gasteiger partial charge in [0.1, 0.15) is 0 Å². The predicted molar refractivity (Wildman–Crippen MR) is 69.9 cm³/mol. The highest BCUT2D eigenvalue weighted by atomic mass is 15.3. The third kappa shape index (κ3) is 2.68. The minimum atomic E-state index is 0.723. The summed E-state index contributed by atoms with van der Waals surface area (Å²) in [4.78, 5) is 5.22. The first-order valence-corrected chi connectivity index (χ1v) is 6.63. The Bertz CT molecular complexity index is 352. The van der Waals surface area contributed by atoms with Crippen LogP contribution in [0.15, 0.2) is 30.3 Å². The fourth-order valence-corrected chi connectivity index (χ4v) is 2.92. The summed E-state index contributed by atoms with van der Waals surface area (Å²) in [5, 5.41) is 3.50. The normalized spacial score (nSPS) is 26.7. The molecule has 2 aliphatic rings. The zero-order chi connectivity index (χ0) is 11.5. The summed E-state index contributed by atoms with van der Waals surface area (Å²) < 4.78 is 0. The molecule has 0 amide bonds. The standard InChI is InChI=1S/C14H21N3/c1-2-4-13(5-3-1)11-16-8-9-17-7-6-15-10-14(17)12-16/h1-5,14-15H,6-12H2/t14-/m1/s1. The van der Waals surface area contributed by atoms with Gasteiger partial charge in [0.05, 0.1) is 0 Å². The number of rotatable bonds is 2. The quantitative estimate of drug-likeness (QED) is 0.811. The van der Waals surface area contributed by atoms with Crippen LogP contribution in [-0.2, 0) is 6.54 Å². The highest BCUT2D eigenvalue weighted by Gasteiger charge is 2.28. The zero-order valence-electron chi connectivity index (χ0n) is 10.3. The van der Waals surface area contributed by atoms with Crippen molar-refractivity contribution in [1.82, 2.24) is 15.1 Å². The third-order valence-corrected chi connectivity index (χ3v) is 3.89. The Kier molecular flexibility index (Phi) is 3.41. The molecule has 3 rings (SSSR count). The molecule has 0 aromatic heterocycles. The molecule has 2 heterocycles. The van der Waals surface area contributed by atoms with E-state index in [0.29, 0.717) is 0 Å². The molecule has 17 heavy (non-hydrogen) atoms. The van der Waals surface area contributed by atoms with Gasteiger partial charge in [-0.25, -0.2) is 0 Å². The molecule has 0 aliphatic carbocycles. The average Bonchev–Trinajstić information content (AvgIpc) is 2.40. The Morgan fingerprint density at radius 3 is 2.88 bits per heavy atom. The van der Waals surface area contributed by atoms with E-state index in [1.165, 1.54) is 31.7 Å². The van der Waals surface area contributed by atoms with E-state index in [1.54, 1.807) is 0 Å². The van der Waals surface area contributed by atoms with Gasteiger partial charge in [0.25, 0.3) is 0 Å².